The van der Waals surface area contributed by atoms with Gasteiger partial charge in [0.2, 0.25) is 0 Å². The lowest BCUT2D eigenvalue weighted by molar-refractivity contribution is 0.193. The second kappa shape index (κ2) is 5.65. The van der Waals surface area contributed by atoms with Crippen LogP contribution in [0.15, 0.2) is 0 Å². The van der Waals surface area contributed by atoms with E-state index in [1.54, 1.807) is 0 Å². The number of hydrogen-bond donors (Lipinski definition) is 2. The number of hydrogen-bond acceptors (Lipinski definition) is 3. The topological polar surface area (TPSA) is 49.5 Å². The molecular formula is C7H18N2O. The Kier molecular flexibility index (Phi) is 5.58. The zero-order valence-electron chi connectivity index (χ0n) is 6.88. The summed E-state index contributed by atoms with van der Waals surface area (Å²) in [5.74, 6) is 0.358. The van der Waals surface area contributed by atoms with Crippen LogP contribution in [-0.4, -0.2) is 43.3 Å². The minimum absolute atomic E-state index is 0.259. The van der Waals surface area contributed by atoms with Gasteiger partial charge in [-0.05, 0) is 13.0 Å². The summed E-state index contributed by atoms with van der Waals surface area (Å²) >= 11 is 0. The van der Waals surface area contributed by atoms with Crippen LogP contribution in [0.5, 0.6) is 0 Å². The highest BCUT2D eigenvalue weighted by Gasteiger charge is 2.02. The summed E-state index contributed by atoms with van der Waals surface area (Å²) in [6.45, 7) is 4.80. The molecule has 1 atom stereocenters. The third kappa shape index (κ3) is 4.73. The fraction of sp³-hybridized carbons (Fsp3) is 1.00. The molecule has 3 heteroatoms. The van der Waals surface area contributed by atoms with Crippen LogP contribution < -0.4 is 5.73 Å². The minimum atomic E-state index is 0.259. The van der Waals surface area contributed by atoms with Crippen molar-refractivity contribution in [3.8, 4) is 0 Å². The molecule has 0 fully saturated rings. The normalized spacial score (nSPS) is 14.1. The van der Waals surface area contributed by atoms with Gasteiger partial charge in [0.05, 0.1) is 0 Å². The maximum atomic E-state index is 8.69. The van der Waals surface area contributed by atoms with Gasteiger partial charge in [0.25, 0.3) is 0 Å². The molecule has 0 rings (SSSR count). The smallest absolute Gasteiger partial charge is 0.0468 e. The van der Waals surface area contributed by atoms with Crippen molar-refractivity contribution in [2.45, 2.75) is 6.92 Å². The second-order valence-corrected chi connectivity index (χ2v) is 2.84. The Morgan fingerprint density at radius 3 is 2.60 bits per heavy atom. The van der Waals surface area contributed by atoms with E-state index in [1.165, 1.54) is 0 Å². The Hall–Kier alpha value is -0.120. The van der Waals surface area contributed by atoms with Gasteiger partial charge in [-0.2, -0.15) is 0 Å². The molecule has 0 bridgehead atoms. The maximum Gasteiger partial charge on any atom is 0.0468 e. The van der Waals surface area contributed by atoms with Gasteiger partial charge in [0, 0.05) is 26.2 Å². The summed E-state index contributed by atoms with van der Waals surface area (Å²) in [6.07, 6.45) is 0. The maximum absolute atomic E-state index is 8.69. The van der Waals surface area contributed by atoms with Gasteiger partial charge < -0.3 is 15.7 Å². The van der Waals surface area contributed by atoms with E-state index >= 15 is 0 Å². The molecule has 1 unspecified atom stereocenters. The van der Waals surface area contributed by atoms with E-state index in [9.17, 15) is 0 Å². The molecule has 0 radical (unpaired) electrons. The van der Waals surface area contributed by atoms with Crippen molar-refractivity contribution in [3.05, 3.63) is 0 Å². The number of nitrogens with two attached hydrogens (primary N) is 1. The highest BCUT2D eigenvalue weighted by atomic mass is 16.3. The van der Waals surface area contributed by atoms with E-state index < -0.39 is 0 Å². The summed E-state index contributed by atoms with van der Waals surface area (Å²) in [6, 6.07) is 0. The first kappa shape index (κ1) is 9.88. The van der Waals surface area contributed by atoms with Gasteiger partial charge in [-0.25, -0.2) is 0 Å². The molecule has 10 heavy (non-hydrogen) atoms. The van der Waals surface area contributed by atoms with Crippen LogP contribution >= 0.6 is 0 Å². The summed E-state index contributed by atoms with van der Waals surface area (Å²) < 4.78 is 0. The summed E-state index contributed by atoms with van der Waals surface area (Å²) in [5.41, 5.74) is 5.34. The lowest BCUT2D eigenvalue weighted by Crippen LogP contribution is -2.30. The average Bonchev–Trinajstić information content (AvgIpc) is 1.88. The molecule has 62 valence electrons. The SMILES string of the molecule is CC(CO)CN(C)CCN. The van der Waals surface area contributed by atoms with E-state index in [0.717, 1.165) is 13.1 Å². The molecule has 0 saturated carbocycles. The molecule has 0 saturated heterocycles. The van der Waals surface area contributed by atoms with Crippen molar-refractivity contribution in [1.29, 1.82) is 0 Å². The van der Waals surface area contributed by atoms with Crippen LogP contribution in [0.1, 0.15) is 6.92 Å². The van der Waals surface area contributed by atoms with E-state index in [0.29, 0.717) is 12.5 Å². The lowest BCUT2D eigenvalue weighted by atomic mass is 10.2. The minimum Gasteiger partial charge on any atom is -0.396 e. The molecule has 0 amide bonds. The largest absolute Gasteiger partial charge is 0.396 e. The zero-order chi connectivity index (χ0) is 7.98. The first-order chi connectivity index (χ1) is 4.70. The number of aliphatic hydroxyl groups excluding tert-OH is 1. The van der Waals surface area contributed by atoms with Gasteiger partial charge in [-0.1, -0.05) is 6.92 Å². The van der Waals surface area contributed by atoms with Gasteiger partial charge in [-0.3, -0.25) is 0 Å². The predicted molar refractivity (Wildman–Crippen MR) is 42.8 cm³/mol. The van der Waals surface area contributed by atoms with Gasteiger partial charge in [-0.15, -0.1) is 0 Å². The molecule has 0 aromatic rings. The Morgan fingerprint density at radius 2 is 2.20 bits per heavy atom. The molecule has 0 spiro atoms. The van der Waals surface area contributed by atoms with E-state index in [4.69, 9.17) is 10.8 Å². The Morgan fingerprint density at radius 1 is 1.60 bits per heavy atom. The zero-order valence-corrected chi connectivity index (χ0v) is 6.88. The lowest BCUT2D eigenvalue weighted by Gasteiger charge is -2.18. The van der Waals surface area contributed by atoms with Gasteiger partial charge in [0.1, 0.15) is 0 Å². The van der Waals surface area contributed by atoms with Crippen molar-refractivity contribution in [2.24, 2.45) is 11.7 Å². The third-order valence-electron chi connectivity index (χ3n) is 1.45. The Balaban J connectivity index is 3.27. The van der Waals surface area contributed by atoms with E-state index in [1.807, 2.05) is 14.0 Å². The van der Waals surface area contributed by atoms with Crippen molar-refractivity contribution in [2.75, 3.05) is 33.3 Å². The van der Waals surface area contributed by atoms with Gasteiger partial charge in [0.15, 0.2) is 0 Å². The third-order valence-corrected chi connectivity index (χ3v) is 1.45. The van der Waals surface area contributed by atoms with Crippen LogP contribution in [0, 0.1) is 5.92 Å². The molecule has 0 aromatic heterocycles. The molecule has 3 N–H and O–H groups in total. The number of aliphatic hydroxyl groups is 1. The van der Waals surface area contributed by atoms with Crippen LogP contribution in [0.3, 0.4) is 0 Å². The fourth-order valence-corrected chi connectivity index (χ4v) is 0.901. The fourth-order valence-electron chi connectivity index (χ4n) is 0.901. The first-order valence-electron chi connectivity index (χ1n) is 3.70. The standard InChI is InChI=1S/C7H18N2O/c1-7(6-10)5-9(2)4-3-8/h7,10H,3-6,8H2,1-2H3. The van der Waals surface area contributed by atoms with Crippen LogP contribution in [0.4, 0.5) is 0 Å². The second-order valence-electron chi connectivity index (χ2n) is 2.84. The Labute approximate surface area is 62.8 Å². The summed E-state index contributed by atoms with van der Waals surface area (Å²) in [7, 11) is 2.01. The van der Waals surface area contributed by atoms with E-state index in [-0.39, 0.29) is 6.61 Å². The first-order valence-corrected chi connectivity index (χ1v) is 3.70. The van der Waals surface area contributed by atoms with Crippen molar-refractivity contribution in [3.63, 3.8) is 0 Å². The molecule has 0 heterocycles. The molecule has 0 aromatic carbocycles. The number of rotatable bonds is 5. The average molecular weight is 146 g/mol. The quantitative estimate of drug-likeness (QED) is 0.550. The van der Waals surface area contributed by atoms with Gasteiger partial charge >= 0.3 is 0 Å². The molecule has 3 nitrogen and oxygen atoms in total. The monoisotopic (exact) mass is 146 g/mol. The number of likely N-dealkylation sites (N-methyl/N-ethyl adjacent to an activating group) is 1. The molecular weight excluding hydrogens is 128 g/mol. The summed E-state index contributed by atoms with van der Waals surface area (Å²) in [5, 5.41) is 8.69. The van der Waals surface area contributed by atoms with Crippen molar-refractivity contribution >= 4 is 0 Å². The molecule has 0 aliphatic rings. The summed E-state index contributed by atoms with van der Waals surface area (Å²) in [4.78, 5) is 2.13. The highest BCUT2D eigenvalue weighted by Crippen LogP contribution is 1.94. The van der Waals surface area contributed by atoms with Crippen molar-refractivity contribution < 1.29 is 5.11 Å². The van der Waals surface area contributed by atoms with Crippen molar-refractivity contribution in [1.82, 2.24) is 4.90 Å². The van der Waals surface area contributed by atoms with Crippen LogP contribution in [-0.2, 0) is 0 Å². The Bertz CT molecular complexity index is 78.0. The van der Waals surface area contributed by atoms with E-state index in [2.05, 4.69) is 4.90 Å². The van der Waals surface area contributed by atoms with Crippen LogP contribution in [0.25, 0.3) is 0 Å². The molecule has 0 aliphatic carbocycles. The van der Waals surface area contributed by atoms with Crippen LogP contribution in [0.2, 0.25) is 0 Å². The predicted octanol–water partition coefficient (Wildman–Crippen LogP) is -0.495. The highest BCUT2D eigenvalue weighted by molar-refractivity contribution is 4.57. The number of nitrogens with zero attached hydrogens (tertiary/aromatic N) is 1. The molecule has 0 aliphatic heterocycles.